The van der Waals surface area contributed by atoms with Gasteiger partial charge in [-0.05, 0) is 55.1 Å². The quantitative estimate of drug-likeness (QED) is 0.0268. The van der Waals surface area contributed by atoms with E-state index in [4.69, 9.17) is 29.4 Å². The van der Waals surface area contributed by atoms with E-state index >= 15 is 0 Å². The molecule has 25 heteroatoms. The van der Waals surface area contributed by atoms with Crippen molar-refractivity contribution in [1.82, 2.24) is 72.3 Å². The Morgan fingerprint density at radius 1 is 0.545 bits per heavy atom. The summed E-state index contributed by atoms with van der Waals surface area (Å²) in [4.78, 5) is 25.7. The molecule has 7 heterocycles. The van der Waals surface area contributed by atoms with Gasteiger partial charge in [0, 0.05) is 167 Å². The number of rotatable bonds is 43. The van der Waals surface area contributed by atoms with Gasteiger partial charge in [-0.15, -0.1) is 11.7 Å². The first-order valence-electron chi connectivity index (χ1n) is 30.6. The van der Waals surface area contributed by atoms with E-state index < -0.39 is 6.10 Å². The number of aryl methyl sites for hydroxylation is 8. The molecule has 0 aliphatic heterocycles. The van der Waals surface area contributed by atoms with Crippen LogP contribution in [0.4, 0.5) is 0 Å². The maximum absolute atomic E-state index is 10.6. The molecule has 3 N–H and O–H groups in total. The molecule has 7 aromatic heterocycles. The molecule has 484 valence electrons. The first kappa shape index (κ1) is 73.2. The number of thioether (sulfide) groups is 2. The van der Waals surface area contributed by atoms with Crippen LogP contribution in [0.5, 0.6) is 0 Å². The molecule has 88 heavy (non-hydrogen) atoms. The molecule has 0 saturated heterocycles. The molecule has 0 aliphatic rings. The Kier molecular flexibility index (Phi) is 36.6. The molecular weight excluding hydrogens is 1330 g/mol. The van der Waals surface area contributed by atoms with Crippen LogP contribution in [0, 0.1) is 0 Å². The van der Waals surface area contributed by atoms with Gasteiger partial charge in [-0.1, -0.05) is 86.6 Å². The molecule has 0 saturated carbocycles. The van der Waals surface area contributed by atoms with Gasteiger partial charge in [0.2, 0.25) is 0 Å². The monoisotopic (exact) mass is 1430 g/mol. The van der Waals surface area contributed by atoms with E-state index in [1.165, 1.54) is 51.4 Å². The molecule has 3 atom stereocenters. The Morgan fingerprint density at radius 2 is 1.06 bits per heavy atom. The van der Waals surface area contributed by atoms with Gasteiger partial charge in [0.15, 0.2) is 34.9 Å². The van der Waals surface area contributed by atoms with Crippen molar-refractivity contribution in [2.24, 2.45) is 41.0 Å². The number of aliphatic hydroxyl groups excluding tert-OH is 1. The van der Waals surface area contributed by atoms with Gasteiger partial charge in [0.1, 0.15) is 12.2 Å². The van der Waals surface area contributed by atoms with E-state index in [0.29, 0.717) is 39.6 Å². The number of imidazole rings is 6. The zero-order valence-corrected chi connectivity index (χ0v) is 56.6. The van der Waals surface area contributed by atoms with Crippen molar-refractivity contribution in [3.8, 4) is 34.9 Å². The van der Waals surface area contributed by atoms with E-state index in [2.05, 4.69) is 69.7 Å². The van der Waals surface area contributed by atoms with Gasteiger partial charge in [-0.2, -0.15) is 23.5 Å². The molecule has 0 radical (unpaired) electrons. The summed E-state index contributed by atoms with van der Waals surface area (Å²) in [5, 5.41) is 19.4. The average Bonchev–Trinajstić information content (AvgIpc) is 3.50. The van der Waals surface area contributed by atoms with Crippen LogP contribution in [0.15, 0.2) is 124 Å². The largest absolute Gasteiger partial charge is 0.388 e. The number of unbranched alkanes of at least 4 members (excludes halogenated alkanes) is 8. The molecule has 8 rings (SSSR count). The third kappa shape index (κ3) is 27.7. The van der Waals surface area contributed by atoms with Crippen molar-refractivity contribution in [1.29, 1.82) is 0 Å². The standard InChI is InChI=1S/C47H76N8O6S2.2C8H10N4.Os/c1-3-28-57-37-44(38-59-34-41-18-12-11-13-19-41)61-39-45(60-36-43(56)35-58-29-17-32-62-31-16-21-48)40-63-30-15-10-8-6-4-5-7-9-14-24-55-33-42(51-52-55)20-25-54-27-23-50-47(54)46-49-22-26-53(46)2;2*1-11-5-3-9-7(11)8-10-4-6-12(8)2;/h3,11-13,18-19,22-23,26-27,33,43-45,56H,1,4-10,14-17,20-21,24-25,28-32,34-40,48H2,2H3;2*3-6H,1-2H3;. The smallest absolute Gasteiger partial charge is 0.176 e. The zero-order chi connectivity index (χ0) is 61.5. The predicted octanol–water partition coefficient (Wildman–Crippen LogP) is 9.04. The van der Waals surface area contributed by atoms with E-state index in [0.717, 1.165) is 115 Å². The second kappa shape index (κ2) is 44.0. The van der Waals surface area contributed by atoms with Crippen molar-refractivity contribution in [3.05, 3.63) is 135 Å². The first-order valence-corrected chi connectivity index (χ1v) is 32.9. The first-order chi connectivity index (χ1) is 42.6. The summed E-state index contributed by atoms with van der Waals surface area (Å²) in [5.74, 6) is 9.26. The fourth-order valence-corrected chi connectivity index (χ4v) is 11.0. The molecule has 0 amide bonds. The van der Waals surface area contributed by atoms with Crippen LogP contribution in [0.2, 0.25) is 0 Å². The molecule has 22 nitrogen and oxygen atoms in total. The van der Waals surface area contributed by atoms with Crippen molar-refractivity contribution in [2.75, 3.05) is 75.8 Å². The molecule has 8 aromatic rings. The number of benzene rings is 1. The number of aliphatic hydroxyl groups is 1. The second-order valence-corrected chi connectivity index (χ2v) is 23.7. The zero-order valence-electron chi connectivity index (χ0n) is 52.4. The summed E-state index contributed by atoms with van der Waals surface area (Å²) in [6.07, 6.45) is 38.8. The van der Waals surface area contributed by atoms with Crippen LogP contribution in [-0.2, 0) is 105 Å². The maximum atomic E-state index is 10.6. The molecule has 0 spiro atoms. The molecular formula is C63H96N16O6OsS2. The minimum absolute atomic E-state index is 0. The molecule has 0 bridgehead atoms. The van der Waals surface area contributed by atoms with Crippen LogP contribution in [0.3, 0.4) is 0 Å². The molecule has 3 unspecified atom stereocenters. The summed E-state index contributed by atoms with van der Waals surface area (Å²) in [5.41, 5.74) is 7.69. The number of hydrogen-bond acceptors (Lipinski definition) is 17. The van der Waals surface area contributed by atoms with Crippen molar-refractivity contribution in [2.45, 2.75) is 115 Å². The molecule has 0 fully saturated rings. The number of ether oxygens (including phenoxy) is 5. The number of nitrogens with two attached hydrogens (primary N) is 1. The number of hydrogen-bond donors (Lipinski definition) is 2. The summed E-state index contributed by atoms with van der Waals surface area (Å²) in [7, 11) is 9.80. The Labute approximate surface area is 542 Å². The Hall–Kier alpha value is -5.58. The average molecular weight is 1430 g/mol. The van der Waals surface area contributed by atoms with Crippen molar-refractivity contribution in [3.63, 3.8) is 0 Å². The van der Waals surface area contributed by atoms with E-state index in [1.54, 1.807) is 37.1 Å². The van der Waals surface area contributed by atoms with Crippen LogP contribution in [0.1, 0.15) is 81.9 Å². The molecule has 1 aromatic carbocycles. The normalized spacial score (nSPS) is 12.3. The van der Waals surface area contributed by atoms with Crippen LogP contribution in [0.25, 0.3) is 34.9 Å². The maximum Gasteiger partial charge on any atom is 0.176 e. The Balaban J connectivity index is 0.000000457. The SMILES string of the molecule is C=CCOCC(COCc1ccccc1)OCC(CSCCCCCCCCCCCn1cc(CCn2ccnc2-c2nccn2C)nn1)OCC(O)COCCCSCCCN.Cn1ccnc1-c1nccn1C.Cn1ccnc1-c1nccn1C.[Os]. The fraction of sp³-hybridized carbons (Fsp3) is 0.556. The predicted molar refractivity (Wildman–Crippen MR) is 347 cm³/mol. The van der Waals surface area contributed by atoms with Crippen molar-refractivity contribution >= 4 is 23.5 Å². The number of aromatic nitrogens is 15. The van der Waals surface area contributed by atoms with Gasteiger partial charge in [-0.25, -0.2) is 29.9 Å². The van der Waals surface area contributed by atoms with Gasteiger partial charge >= 0.3 is 0 Å². The van der Waals surface area contributed by atoms with Crippen LogP contribution >= 0.6 is 23.5 Å². The van der Waals surface area contributed by atoms with E-state index in [9.17, 15) is 5.11 Å². The van der Waals surface area contributed by atoms with Crippen LogP contribution in [-0.4, -0.2) is 172 Å². The summed E-state index contributed by atoms with van der Waals surface area (Å²) >= 11 is 3.79. The summed E-state index contributed by atoms with van der Waals surface area (Å²) < 4.78 is 43.9. The minimum atomic E-state index is -0.692. The van der Waals surface area contributed by atoms with Gasteiger partial charge in [-0.3, -0.25) is 4.68 Å². The Bertz CT molecular complexity index is 2860. The van der Waals surface area contributed by atoms with E-state index in [1.807, 2.05) is 148 Å². The Morgan fingerprint density at radius 3 is 1.62 bits per heavy atom. The number of nitrogens with zero attached hydrogens (tertiary/aromatic N) is 15. The summed E-state index contributed by atoms with van der Waals surface area (Å²) in [6, 6.07) is 10.1. The minimum Gasteiger partial charge on any atom is -0.388 e. The second-order valence-electron chi connectivity index (χ2n) is 21.3. The van der Waals surface area contributed by atoms with Gasteiger partial charge in [0.05, 0.1) is 58.0 Å². The van der Waals surface area contributed by atoms with E-state index in [-0.39, 0.29) is 45.2 Å². The third-order valence-electron chi connectivity index (χ3n) is 14.0. The fourth-order valence-electron chi connectivity index (χ4n) is 9.09. The van der Waals surface area contributed by atoms with Gasteiger partial charge in [0.25, 0.3) is 0 Å². The van der Waals surface area contributed by atoms with Crippen LogP contribution < -0.4 is 5.73 Å². The van der Waals surface area contributed by atoms with Crippen molar-refractivity contribution < 1.29 is 48.6 Å². The summed E-state index contributed by atoms with van der Waals surface area (Å²) in [6.45, 7) is 9.41. The van der Waals surface area contributed by atoms with Gasteiger partial charge < -0.3 is 61.9 Å². The third-order valence-corrected chi connectivity index (χ3v) is 16.3. The topological polar surface area (TPSA) is 230 Å². The molecule has 0 aliphatic carbocycles.